The van der Waals surface area contributed by atoms with Crippen molar-refractivity contribution in [3.8, 4) is 5.75 Å². The molecule has 0 aromatic heterocycles. The molecule has 1 amide bonds. The zero-order valence-electron chi connectivity index (χ0n) is 12.4. The monoisotopic (exact) mass is 295 g/mol. The summed E-state index contributed by atoms with van der Waals surface area (Å²) in [6.45, 7) is 1.92. The van der Waals surface area contributed by atoms with Crippen LogP contribution in [-0.2, 0) is 11.2 Å². The maximum atomic E-state index is 11.9. The van der Waals surface area contributed by atoms with Crippen molar-refractivity contribution >= 4 is 17.4 Å². The fourth-order valence-electron chi connectivity index (χ4n) is 2.57. The Hall–Kier alpha value is -2.62. The van der Waals surface area contributed by atoms with Crippen LogP contribution < -0.4 is 10.1 Å². The SMILES string of the molecule is Cc1ccc(NC(=O)COc2cccc3c2CCC3=O)cc1. The van der Waals surface area contributed by atoms with Gasteiger partial charge in [-0.25, -0.2) is 0 Å². The van der Waals surface area contributed by atoms with Gasteiger partial charge in [0.1, 0.15) is 5.75 Å². The first-order valence-electron chi connectivity index (χ1n) is 7.28. The summed E-state index contributed by atoms with van der Waals surface area (Å²) in [4.78, 5) is 23.6. The molecular weight excluding hydrogens is 278 g/mol. The van der Waals surface area contributed by atoms with E-state index in [1.165, 1.54) is 0 Å². The maximum absolute atomic E-state index is 11.9. The molecule has 4 heteroatoms. The Bertz CT molecular complexity index is 720. The minimum absolute atomic E-state index is 0.0709. The average molecular weight is 295 g/mol. The number of rotatable bonds is 4. The number of ketones is 1. The van der Waals surface area contributed by atoms with E-state index in [0.29, 0.717) is 18.6 Å². The fraction of sp³-hybridized carbons (Fsp3) is 0.222. The normalized spacial score (nSPS) is 12.9. The van der Waals surface area contributed by atoms with Crippen LogP contribution in [0.3, 0.4) is 0 Å². The molecule has 1 aliphatic rings. The van der Waals surface area contributed by atoms with Gasteiger partial charge in [0.05, 0.1) is 0 Å². The predicted molar refractivity (Wildman–Crippen MR) is 84.4 cm³/mol. The molecule has 2 aromatic carbocycles. The van der Waals surface area contributed by atoms with Gasteiger partial charge in [-0.15, -0.1) is 0 Å². The lowest BCUT2D eigenvalue weighted by molar-refractivity contribution is -0.118. The molecule has 0 aliphatic heterocycles. The van der Waals surface area contributed by atoms with Crippen molar-refractivity contribution in [1.29, 1.82) is 0 Å². The lowest BCUT2D eigenvalue weighted by Gasteiger charge is -2.10. The molecule has 3 rings (SSSR count). The Labute approximate surface area is 129 Å². The molecule has 0 bridgehead atoms. The van der Waals surface area contributed by atoms with Crippen molar-refractivity contribution < 1.29 is 14.3 Å². The van der Waals surface area contributed by atoms with Crippen LogP contribution in [0, 0.1) is 6.92 Å². The molecule has 0 fully saturated rings. The smallest absolute Gasteiger partial charge is 0.262 e. The van der Waals surface area contributed by atoms with E-state index in [1.54, 1.807) is 12.1 Å². The molecule has 2 aromatic rings. The number of nitrogens with one attached hydrogen (secondary N) is 1. The van der Waals surface area contributed by atoms with Gasteiger partial charge >= 0.3 is 0 Å². The van der Waals surface area contributed by atoms with Gasteiger partial charge in [0, 0.05) is 23.2 Å². The summed E-state index contributed by atoms with van der Waals surface area (Å²) in [6.07, 6.45) is 1.20. The van der Waals surface area contributed by atoms with Gasteiger partial charge in [0.2, 0.25) is 0 Å². The molecule has 112 valence electrons. The maximum Gasteiger partial charge on any atom is 0.262 e. The van der Waals surface area contributed by atoms with E-state index in [0.717, 1.165) is 22.4 Å². The van der Waals surface area contributed by atoms with Crippen LogP contribution in [0.25, 0.3) is 0 Å². The number of anilines is 1. The lowest BCUT2D eigenvalue weighted by atomic mass is 10.1. The molecule has 4 nitrogen and oxygen atoms in total. The highest BCUT2D eigenvalue weighted by molar-refractivity contribution is 6.01. The van der Waals surface area contributed by atoms with Gasteiger partial charge in [-0.3, -0.25) is 9.59 Å². The van der Waals surface area contributed by atoms with E-state index in [-0.39, 0.29) is 18.3 Å². The highest BCUT2D eigenvalue weighted by Crippen LogP contribution is 2.30. The first-order valence-corrected chi connectivity index (χ1v) is 7.28. The van der Waals surface area contributed by atoms with Crippen LogP contribution in [0.2, 0.25) is 0 Å². The summed E-state index contributed by atoms with van der Waals surface area (Å²) in [6, 6.07) is 13.0. The molecule has 0 saturated carbocycles. The van der Waals surface area contributed by atoms with Crippen LogP contribution in [0.15, 0.2) is 42.5 Å². The Kier molecular flexibility index (Phi) is 3.92. The molecule has 0 atom stereocenters. The number of carbonyl (C=O) groups excluding carboxylic acids is 2. The van der Waals surface area contributed by atoms with Gasteiger partial charge in [-0.05, 0) is 31.5 Å². The Morgan fingerprint density at radius 3 is 2.68 bits per heavy atom. The van der Waals surface area contributed by atoms with E-state index in [9.17, 15) is 9.59 Å². The summed E-state index contributed by atoms with van der Waals surface area (Å²) in [5, 5.41) is 2.79. The van der Waals surface area contributed by atoms with Crippen molar-refractivity contribution in [2.75, 3.05) is 11.9 Å². The number of benzene rings is 2. The number of hydrogen-bond donors (Lipinski definition) is 1. The van der Waals surface area contributed by atoms with Gasteiger partial charge in [-0.2, -0.15) is 0 Å². The molecule has 0 radical (unpaired) electrons. The summed E-state index contributed by atoms with van der Waals surface area (Å²) in [7, 11) is 0. The summed E-state index contributed by atoms with van der Waals surface area (Å²) < 4.78 is 5.59. The summed E-state index contributed by atoms with van der Waals surface area (Å²) in [5.41, 5.74) is 3.51. The third-order valence-corrected chi connectivity index (χ3v) is 3.73. The van der Waals surface area contributed by atoms with Gasteiger partial charge in [-0.1, -0.05) is 29.8 Å². The van der Waals surface area contributed by atoms with Crippen LogP contribution in [-0.4, -0.2) is 18.3 Å². The summed E-state index contributed by atoms with van der Waals surface area (Å²) >= 11 is 0. The van der Waals surface area contributed by atoms with Gasteiger partial charge < -0.3 is 10.1 Å². The molecular formula is C18H17NO3. The first-order chi connectivity index (χ1) is 10.6. The number of hydrogen-bond acceptors (Lipinski definition) is 3. The van der Waals surface area contributed by atoms with E-state index in [4.69, 9.17) is 4.74 Å². The highest BCUT2D eigenvalue weighted by Gasteiger charge is 2.22. The third kappa shape index (κ3) is 3.01. The Morgan fingerprint density at radius 1 is 1.14 bits per heavy atom. The van der Waals surface area contributed by atoms with Crippen molar-refractivity contribution in [2.24, 2.45) is 0 Å². The molecule has 0 unspecified atom stereocenters. The number of aryl methyl sites for hydroxylation is 1. The van der Waals surface area contributed by atoms with E-state index >= 15 is 0 Å². The second-order valence-electron chi connectivity index (χ2n) is 5.41. The molecule has 1 N–H and O–H groups in total. The number of carbonyl (C=O) groups is 2. The van der Waals surface area contributed by atoms with E-state index in [1.807, 2.05) is 37.3 Å². The fourth-order valence-corrected chi connectivity index (χ4v) is 2.57. The van der Waals surface area contributed by atoms with Gasteiger partial charge in [0.15, 0.2) is 12.4 Å². The summed E-state index contributed by atoms with van der Waals surface area (Å²) in [5.74, 6) is 0.553. The largest absolute Gasteiger partial charge is 0.483 e. The Balaban J connectivity index is 1.62. The average Bonchev–Trinajstić information content (AvgIpc) is 2.90. The number of ether oxygens (including phenoxy) is 1. The minimum atomic E-state index is -0.217. The minimum Gasteiger partial charge on any atom is -0.483 e. The van der Waals surface area contributed by atoms with Crippen LogP contribution in [0.4, 0.5) is 5.69 Å². The molecule has 0 spiro atoms. The van der Waals surface area contributed by atoms with Crippen molar-refractivity contribution in [2.45, 2.75) is 19.8 Å². The molecule has 1 aliphatic carbocycles. The van der Waals surface area contributed by atoms with E-state index in [2.05, 4.69) is 5.32 Å². The second kappa shape index (κ2) is 6.02. The topological polar surface area (TPSA) is 55.4 Å². The zero-order valence-corrected chi connectivity index (χ0v) is 12.4. The van der Waals surface area contributed by atoms with Crippen molar-refractivity contribution in [3.05, 3.63) is 59.2 Å². The van der Waals surface area contributed by atoms with Crippen LogP contribution >= 0.6 is 0 Å². The highest BCUT2D eigenvalue weighted by atomic mass is 16.5. The molecule has 0 saturated heterocycles. The third-order valence-electron chi connectivity index (χ3n) is 3.73. The standard InChI is InChI=1S/C18H17NO3/c1-12-5-7-13(8-6-12)19-18(21)11-22-17-4-2-3-14-15(17)9-10-16(14)20/h2-8H,9-11H2,1H3,(H,19,21). The quantitative estimate of drug-likeness (QED) is 0.942. The van der Waals surface area contributed by atoms with Crippen LogP contribution in [0.1, 0.15) is 27.9 Å². The van der Waals surface area contributed by atoms with Crippen LogP contribution in [0.5, 0.6) is 5.75 Å². The zero-order chi connectivity index (χ0) is 15.5. The predicted octanol–water partition coefficient (Wildman–Crippen LogP) is 3.14. The van der Waals surface area contributed by atoms with Crippen molar-refractivity contribution in [3.63, 3.8) is 0 Å². The Morgan fingerprint density at radius 2 is 1.91 bits per heavy atom. The van der Waals surface area contributed by atoms with Gasteiger partial charge in [0.25, 0.3) is 5.91 Å². The lowest BCUT2D eigenvalue weighted by Crippen LogP contribution is -2.20. The number of Topliss-reactive ketones (excluding diaryl/α,β-unsaturated/α-hetero) is 1. The van der Waals surface area contributed by atoms with Crippen molar-refractivity contribution in [1.82, 2.24) is 0 Å². The number of amides is 1. The molecule has 0 heterocycles. The first kappa shape index (κ1) is 14.3. The van der Waals surface area contributed by atoms with E-state index < -0.39 is 0 Å². The number of fused-ring (bicyclic) bond motifs is 1. The molecule has 22 heavy (non-hydrogen) atoms. The second-order valence-corrected chi connectivity index (χ2v) is 5.41.